The molecule has 5 nitrogen and oxygen atoms in total. The summed E-state index contributed by atoms with van der Waals surface area (Å²) >= 11 is 1.71. The molecule has 1 amide bonds. The number of carbonyl (C=O) groups is 1. The van der Waals surface area contributed by atoms with Crippen molar-refractivity contribution in [2.45, 2.75) is 32.1 Å². The number of thioether (sulfide) groups is 1. The highest BCUT2D eigenvalue weighted by Crippen LogP contribution is 2.24. The molecule has 29 heavy (non-hydrogen) atoms. The Morgan fingerprint density at radius 1 is 1.14 bits per heavy atom. The van der Waals surface area contributed by atoms with Gasteiger partial charge in [0.25, 0.3) is 0 Å². The van der Waals surface area contributed by atoms with E-state index in [1.807, 2.05) is 47.2 Å². The van der Waals surface area contributed by atoms with Crippen molar-refractivity contribution in [1.82, 2.24) is 9.55 Å². The lowest BCUT2D eigenvalue weighted by Gasteiger charge is -2.32. The average molecular weight is 409 g/mol. The van der Waals surface area contributed by atoms with E-state index < -0.39 is 0 Å². The highest BCUT2D eigenvalue weighted by molar-refractivity contribution is 7.97. The van der Waals surface area contributed by atoms with Gasteiger partial charge in [-0.2, -0.15) is 11.8 Å². The summed E-state index contributed by atoms with van der Waals surface area (Å²) in [6.07, 6.45) is 4.54. The normalized spacial score (nSPS) is 15.0. The average Bonchev–Trinajstić information content (AvgIpc) is 3.07. The zero-order chi connectivity index (χ0) is 20.2. The lowest BCUT2D eigenvalue weighted by molar-refractivity contribution is -0.116. The standard InChI is InChI=1S/C23H28N4OS/c1-17-11-13-26(14-12-17)19-9-7-18(8-10-19)24-23(28)15-27-21-6-4-3-5-20(21)25-22(27)16-29-2/h3-10,17H,11-16H2,1-2H3,(H,24,28). The molecular formula is C23H28N4OS. The van der Waals surface area contributed by atoms with Crippen molar-refractivity contribution in [2.24, 2.45) is 5.92 Å². The Hall–Kier alpha value is -2.47. The van der Waals surface area contributed by atoms with Gasteiger partial charge in [-0.25, -0.2) is 4.98 Å². The number of hydrogen-bond donors (Lipinski definition) is 1. The van der Waals surface area contributed by atoms with E-state index in [1.54, 1.807) is 11.8 Å². The Morgan fingerprint density at radius 3 is 2.59 bits per heavy atom. The topological polar surface area (TPSA) is 50.2 Å². The molecule has 3 aromatic rings. The number of imidazole rings is 1. The third-order valence-electron chi connectivity index (χ3n) is 5.61. The second kappa shape index (κ2) is 8.91. The zero-order valence-electron chi connectivity index (χ0n) is 17.1. The number of nitrogens with zero attached hydrogens (tertiary/aromatic N) is 3. The fraction of sp³-hybridized carbons (Fsp3) is 0.391. The SMILES string of the molecule is CSCc1nc2ccccc2n1CC(=O)Nc1ccc(N2CCC(C)CC2)cc1. The fourth-order valence-corrected chi connectivity index (χ4v) is 4.39. The Balaban J connectivity index is 1.44. The Kier molecular flexibility index (Phi) is 6.09. The third-order valence-corrected chi connectivity index (χ3v) is 6.16. The molecule has 1 aliphatic heterocycles. The molecule has 0 atom stereocenters. The number of benzene rings is 2. The minimum Gasteiger partial charge on any atom is -0.372 e. The van der Waals surface area contributed by atoms with Crippen LogP contribution < -0.4 is 10.2 Å². The van der Waals surface area contributed by atoms with E-state index in [-0.39, 0.29) is 12.5 Å². The van der Waals surface area contributed by atoms with Gasteiger partial charge in [0.1, 0.15) is 12.4 Å². The molecule has 1 aliphatic rings. The van der Waals surface area contributed by atoms with Crippen LogP contribution in [0.1, 0.15) is 25.6 Å². The number of para-hydroxylation sites is 2. The summed E-state index contributed by atoms with van der Waals surface area (Å²) in [6, 6.07) is 16.2. The first kappa shape index (κ1) is 19.8. The monoisotopic (exact) mass is 408 g/mol. The van der Waals surface area contributed by atoms with E-state index in [0.29, 0.717) is 0 Å². The first-order chi connectivity index (χ1) is 14.1. The third kappa shape index (κ3) is 4.58. The van der Waals surface area contributed by atoms with Gasteiger partial charge in [0, 0.05) is 24.5 Å². The second-order valence-corrected chi connectivity index (χ2v) is 8.67. The number of piperidine rings is 1. The van der Waals surface area contributed by atoms with Crippen molar-refractivity contribution >= 4 is 40.1 Å². The zero-order valence-corrected chi connectivity index (χ0v) is 17.9. The van der Waals surface area contributed by atoms with Crippen LogP contribution in [0.2, 0.25) is 0 Å². The molecule has 4 rings (SSSR count). The Morgan fingerprint density at radius 2 is 1.86 bits per heavy atom. The summed E-state index contributed by atoms with van der Waals surface area (Å²) in [7, 11) is 0. The van der Waals surface area contributed by atoms with E-state index in [4.69, 9.17) is 0 Å². The van der Waals surface area contributed by atoms with Gasteiger partial charge in [0.15, 0.2) is 0 Å². The molecule has 0 bridgehead atoms. The molecule has 1 N–H and O–H groups in total. The number of rotatable bonds is 6. The lowest BCUT2D eigenvalue weighted by Crippen LogP contribution is -2.32. The minimum atomic E-state index is -0.0324. The number of aromatic nitrogens is 2. The summed E-state index contributed by atoms with van der Waals surface area (Å²) in [5.74, 6) is 2.50. The molecule has 1 fully saturated rings. The van der Waals surface area contributed by atoms with Gasteiger partial charge in [-0.05, 0) is 61.4 Å². The van der Waals surface area contributed by atoms with Crippen molar-refractivity contribution in [3.63, 3.8) is 0 Å². The van der Waals surface area contributed by atoms with Crippen LogP contribution in [0, 0.1) is 5.92 Å². The van der Waals surface area contributed by atoms with E-state index >= 15 is 0 Å². The molecule has 152 valence electrons. The largest absolute Gasteiger partial charge is 0.372 e. The van der Waals surface area contributed by atoms with Crippen molar-refractivity contribution in [1.29, 1.82) is 0 Å². The second-order valence-electron chi connectivity index (χ2n) is 7.80. The maximum atomic E-state index is 12.7. The number of fused-ring (bicyclic) bond motifs is 1. The van der Waals surface area contributed by atoms with Crippen molar-refractivity contribution in [3.8, 4) is 0 Å². The van der Waals surface area contributed by atoms with Gasteiger partial charge < -0.3 is 14.8 Å². The summed E-state index contributed by atoms with van der Waals surface area (Å²) in [5, 5.41) is 3.04. The van der Waals surface area contributed by atoms with Gasteiger partial charge in [-0.3, -0.25) is 4.79 Å². The van der Waals surface area contributed by atoms with Crippen LogP contribution in [0.4, 0.5) is 11.4 Å². The molecule has 0 aliphatic carbocycles. The van der Waals surface area contributed by atoms with Crippen LogP contribution in [-0.4, -0.2) is 34.8 Å². The van der Waals surface area contributed by atoms with Gasteiger partial charge in [0.2, 0.25) is 5.91 Å². The Bertz CT molecular complexity index is 974. The lowest BCUT2D eigenvalue weighted by atomic mass is 9.99. The quantitative estimate of drug-likeness (QED) is 0.638. The van der Waals surface area contributed by atoms with Crippen molar-refractivity contribution in [2.75, 3.05) is 29.6 Å². The van der Waals surface area contributed by atoms with Gasteiger partial charge in [-0.1, -0.05) is 19.1 Å². The Labute approximate surface area is 176 Å². The summed E-state index contributed by atoms with van der Waals surface area (Å²) in [6.45, 7) is 4.81. The molecule has 2 heterocycles. The maximum Gasteiger partial charge on any atom is 0.244 e. The molecular weight excluding hydrogens is 380 g/mol. The highest BCUT2D eigenvalue weighted by Gasteiger charge is 2.16. The first-order valence-corrected chi connectivity index (χ1v) is 11.6. The van der Waals surface area contributed by atoms with Gasteiger partial charge in [-0.15, -0.1) is 0 Å². The van der Waals surface area contributed by atoms with Crippen LogP contribution in [-0.2, 0) is 17.1 Å². The van der Waals surface area contributed by atoms with Crippen LogP contribution in [0.3, 0.4) is 0 Å². The van der Waals surface area contributed by atoms with Gasteiger partial charge in [0.05, 0.1) is 16.8 Å². The van der Waals surface area contributed by atoms with Crippen LogP contribution >= 0.6 is 11.8 Å². The highest BCUT2D eigenvalue weighted by atomic mass is 32.2. The molecule has 2 aromatic carbocycles. The predicted molar refractivity (Wildman–Crippen MR) is 123 cm³/mol. The van der Waals surface area contributed by atoms with E-state index in [0.717, 1.165) is 47.3 Å². The fourth-order valence-electron chi connectivity index (χ4n) is 3.91. The molecule has 0 spiro atoms. The van der Waals surface area contributed by atoms with Gasteiger partial charge >= 0.3 is 0 Å². The molecule has 6 heteroatoms. The number of amides is 1. The minimum absolute atomic E-state index is 0.0324. The van der Waals surface area contributed by atoms with Crippen molar-refractivity contribution in [3.05, 3.63) is 54.4 Å². The maximum absolute atomic E-state index is 12.7. The number of carbonyl (C=O) groups excluding carboxylic acids is 1. The smallest absolute Gasteiger partial charge is 0.244 e. The van der Waals surface area contributed by atoms with E-state index in [9.17, 15) is 4.79 Å². The van der Waals surface area contributed by atoms with Crippen LogP contribution in [0.25, 0.3) is 11.0 Å². The molecule has 1 saturated heterocycles. The van der Waals surface area contributed by atoms with E-state index in [1.165, 1.54) is 18.5 Å². The molecule has 0 saturated carbocycles. The molecule has 0 unspecified atom stereocenters. The summed E-state index contributed by atoms with van der Waals surface area (Å²) in [4.78, 5) is 19.8. The number of anilines is 2. The van der Waals surface area contributed by atoms with Crippen LogP contribution in [0.5, 0.6) is 0 Å². The first-order valence-electron chi connectivity index (χ1n) is 10.2. The summed E-state index contributed by atoms with van der Waals surface area (Å²) < 4.78 is 2.02. The molecule has 0 radical (unpaired) electrons. The predicted octanol–water partition coefficient (Wildman–Crippen LogP) is 4.77. The number of nitrogens with one attached hydrogen (secondary N) is 1. The van der Waals surface area contributed by atoms with Crippen LogP contribution in [0.15, 0.2) is 48.5 Å². The summed E-state index contributed by atoms with van der Waals surface area (Å²) in [5.41, 5.74) is 4.00. The molecule has 1 aromatic heterocycles. The van der Waals surface area contributed by atoms with E-state index in [2.05, 4.69) is 34.3 Å². The number of hydrogen-bond acceptors (Lipinski definition) is 4. The van der Waals surface area contributed by atoms with Crippen molar-refractivity contribution < 1.29 is 4.79 Å².